The van der Waals surface area contributed by atoms with Crippen LogP contribution in [-0.4, -0.2) is 18.3 Å². The van der Waals surface area contributed by atoms with Crippen LogP contribution in [0.1, 0.15) is 19.3 Å². The van der Waals surface area contributed by atoms with E-state index in [1.165, 1.54) is 6.26 Å². The molecule has 0 aromatic rings. The Labute approximate surface area is 68.2 Å². The molecule has 0 fully saturated rings. The van der Waals surface area contributed by atoms with Gasteiger partial charge in [-0.05, 0) is 19.3 Å². The second-order valence-corrected chi connectivity index (χ2v) is 2.19. The summed E-state index contributed by atoms with van der Waals surface area (Å²) in [6.07, 6.45) is 8.38. The van der Waals surface area contributed by atoms with Crippen LogP contribution < -0.4 is 0 Å². The lowest BCUT2D eigenvalue weighted by Gasteiger charge is -1.92. The van der Waals surface area contributed by atoms with E-state index in [0.717, 1.165) is 19.3 Å². The topological polar surface area (TPSA) is 29.5 Å². The van der Waals surface area contributed by atoms with Crippen molar-refractivity contribution in [3.05, 3.63) is 25.0 Å². The molecule has 0 bridgehead atoms. The van der Waals surface area contributed by atoms with Gasteiger partial charge in [0.15, 0.2) is 0 Å². The van der Waals surface area contributed by atoms with Crippen LogP contribution in [0.5, 0.6) is 0 Å². The maximum Gasteiger partial charge on any atom is 0.105 e. The molecule has 0 aliphatic rings. The van der Waals surface area contributed by atoms with E-state index in [9.17, 15) is 0 Å². The van der Waals surface area contributed by atoms with E-state index < -0.39 is 0 Å². The Kier molecular flexibility index (Phi) is 8.60. The third-order valence-corrected chi connectivity index (χ3v) is 1.26. The predicted molar refractivity (Wildman–Crippen MR) is 46.2 cm³/mol. The maximum atomic E-state index is 8.44. The predicted octanol–water partition coefficient (Wildman–Crippen LogP) is 1.87. The van der Waals surface area contributed by atoms with Gasteiger partial charge in [-0.2, -0.15) is 0 Å². The molecule has 1 N–H and O–H groups in total. The molecule has 2 nitrogen and oxygen atoms in total. The van der Waals surface area contributed by atoms with Crippen molar-refractivity contribution in [2.24, 2.45) is 0 Å². The average molecular weight is 156 g/mol. The summed E-state index contributed by atoms with van der Waals surface area (Å²) in [6, 6.07) is 0. The number of rotatable bonds is 7. The van der Waals surface area contributed by atoms with Gasteiger partial charge in [-0.15, -0.1) is 0 Å². The monoisotopic (exact) mass is 156 g/mol. The first kappa shape index (κ1) is 10.2. The van der Waals surface area contributed by atoms with Gasteiger partial charge in [0.1, 0.15) is 6.61 Å². The Morgan fingerprint density at radius 3 is 2.73 bits per heavy atom. The summed E-state index contributed by atoms with van der Waals surface area (Å²) >= 11 is 0. The molecule has 64 valence electrons. The highest BCUT2D eigenvalue weighted by Gasteiger charge is 1.81. The van der Waals surface area contributed by atoms with E-state index in [1.54, 1.807) is 0 Å². The van der Waals surface area contributed by atoms with Gasteiger partial charge in [0, 0.05) is 6.61 Å². The quantitative estimate of drug-likeness (QED) is 0.346. The zero-order valence-electron chi connectivity index (χ0n) is 6.83. The van der Waals surface area contributed by atoms with E-state index in [-0.39, 0.29) is 6.61 Å². The number of hydrogen-bond acceptors (Lipinski definition) is 2. The van der Waals surface area contributed by atoms with Crippen molar-refractivity contribution in [2.45, 2.75) is 19.3 Å². The van der Waals surface area contributed by atoms with Crippen molar-refractivity contribution in [3.63, 3.8) is 0 Å². The van der Waals surface area contributed by atoms with Gasteiger partial charge in [0.2, 0.25) is 0 Å². The van der Waals surface area contributed by atoms with E-state index in [1.807, 2.05) is 6.08 Å². The highest BCUT2D eigenvalue weighted by Crippen LogP contribution is 1.94. The number of aliphatic hydroxyl groups excluding tert-OH is 1. The van der Waals surface area contributed by atoms with Crippen LogP contribution in [0.4, 0.5) is 0 Å². The largest absolute Gasteiger partial charge is 0.498 e. The van der Waals surface area contributed by atoms with Gasteiger partial charge in [-0.3, -0.25) is 0 Å². The molecule has 0 spiro atoms. The van der Waals surface area contributed by atoms with Crippen LogP contribution in [0.2, 0.25) is 0 Å². The van der Waals surface area contributed by atoms with Crippen molar-refractivity contribution in [1.29, 1.82) is 0 Å². The SMILES string of the molecule is C=COCC=CCCCCO. The number of hydrogen-bond donors (Lipinski definition) is 1. The minimum atomic E-state index is 0.289. The number of aliphatic hydroxyl groups is 1. The first-order valence-electron chi connectivity index (χ1n) is 3.90. The van der Waals surface area contributed by atoms with E-state index in [4.69, 9.17) is 9.84 Å². The molecule has 0 aromatic heterocycles. The highest BCUT2D eigenvalue weighted by atomic mass is 16.5. The summed E-state index contributed by atoms with van der Waals surface area (Å²) in [5, 5.41) is 8.44. The van der Waals surface area contributed by atoms with E-state index >= 15 is 0 Å². The molecule has 0 saturated carbocycles. The van der Waals surface area contributed by atoms with Crippen LogP contribution in [0, 0.1) is 0 Å². The van der Waals surface area contributed by atoms with E-state index in [0.29, 0.717) is 6.61 Å². The minimum absolute atomic E-state index is 0.289. The number of unbranched alkanes of at least 4 members (excludes halogenated alkanes) is 2. The Morgan fingerprint density at radius 2 is 2.09 bits per heavy atom. The van der Waals surface area contributed by atoms with Crippen molar-refractivity contribution in [1.82, 2.24) is 0 Å². The normalized spacial score (nSPS) is 10.3. The third kappa shape index (κ3) is 9.24. The molecule has 0 atom stereocenters. The van der Waals surface area contributed by atoms with Crippen LogP contribution in [-0.2, 0) is 4.74 Å². The standard InChI is InChI=1S/C9H16O2/c1-2-11-9-7-5-3-4-6-8-10/h2,5,7,10H,1,3-4,6,8-9H2. The molecule has 0 heterocycles. The zero-order chi connectivity index (χ0) is 8.36. The van der Waals surface area contributed by atoms with Crippen molar-refractivity contribution in [3.8, 4) is 0 Å². The molecule has 2 heteroatoms. The van der Waals surface area contributed by atoms with Gasteiger partial charge in [0.05, 0.1) is 6.26 Å². The fourth-order valence-corrected chi connectivity index (χ4v) is 0.683. The van der Waals surface area contributed by atoms with Gasteiger partial charge in [-0.1, -0.05) is 18.7 Å². The Bertz CT molecular complexity index is 108. The Balaban J connectivity index is 2.97. The molecule has 0 radical (unpaired) electrons. The van der Waals surface area contributed by atoms with Crippen molar-refractivity contribution < 1.29 is 9.84 Å². The summed E-state index contributed by atoms with van der Waals surface area (Å²) in [7, 11) is 0. The maximum absolute atomic E-state index is 8.44. The van der Waals surface area contributed by atoms with Gasteiger partial charge >= 0.3 is 0 Å². The average Bonchev–Trinajstić information content (AvgIpc) is 2.03. The lowest BCUT2D eigenvalue weighted by Crippen LogP contribution is -1.82. The fourth-order valence-electron chi connectivity index (χ4n) is 0.683. The molecule has 0 unspecified atom stereocenters. The van der Waals surface area contributed by atoms with Crippen molar-refractivity contribution >= 4 is 0 Å². The summed E-state index contributed by atoms with van der Waals surface area (Å²) in [5.41, 5.74) is 0. The minimum Gasteiger partial charge on any atom is -0.498 e. The van der Waals surface area contributed by atoms with Gasteiger partial charge < -0.3 is 9.84 Å². The summed E-state index contributed by atoms with van der Waals surface area (Å²) in [4.78, 5) is 0. The lowest BCUT2D eigenvalue weighted by atomic mass is 10.2. The molecule has 0 aromatic carbocycles. The fraction of sp³-hybridized carbons (Fsp3) is 0.556. The molecule has 0 saturated heterocycles. The Hall–Kier alpha value is -0.760. The Morgan fingerprint density at radius 1 is 1.27 bits per heavy atom. The molecular weight excluding hydrogens is 140 g/mol. The molecule has 0 rings (SSSR count). The van der Waals surface area contributed by atoms with Crippen LogP contribution in [0.3, 0.4) is 0 Å². The second-order valence-electron chi connectivity index (χ2n) is 2.19. The summed E-state index contributed by atoms with van der Waals surface area (Å²) in [6.45, 7) is 4.31. The first-order valence-corrected chi connectivity index (χ1v) is 3.90. The highest BCUT2D eigenvalue weighted by molar-refractivity contribution is 4.81. The summed E-state index contributed by atoms with van der Waals surface area (Å²) < 4.78 is 4.87. The first-order chi connectivity index (χ1) is 5.41. The number of allylic oxidation sites excluding steroid dienone is 1. The smallest absolute Gasteiger partial charge is 0.105 e. The van der Waals surface area contributed by atoms with Gasteiger partial charge in [-0.25, -0.2) is 0 Å². The third-order valence-electron chi connectivity index (χ3n) is 1.26. The van der Waals surface area contributed by atoms with Crippen molar-refractivity contribution in [2.75, 3.05) is 13.2 Å². The second kappa shape index (κ2) is 9.24. The van der Waals surface area contributed by atoms with Crippen LogP contribution in [0.15, 0.2) is 25.0 Å². The molecule has 0 aliphatic carbocycles. The van der Waals surface area contributed by atoms with Crippen LogP contribution >= 0.6 is 0 Å². The van der Waals surface area contributed by atoms with Gasteiger partial charge in [0.25, 0.3) is 0 Å². The van der Waals surface area contributed by atoms with Crippen LogP contribution in [0.25, 0.3) is 0 Å². The lowest BCUT2D eigenvalue weighted by molar-refractivity contribution is 0.284. The molecule has 11 heavy (non-hydrogen) atoms. The number of ether oxygens (including phenoxy) is 1. The summed E-state index contributed by atoms with van der Waals surface area (Å²) in [5.74, 6) is 0. The van der Waals surface area contributed by atoms with E-state index in [2.05, 4.69) is 12.7 Å². The molecule has 0 amide bonds. The molecule has 0 aliphatic heterocycles. The zero-order valence-corrected chi connectivity index (χ0v) is 6.83. The molecular formula is C9H16O2.